The molecule has 0 aliphatic carbocycles. The Kier molecular flexibility index (Phi) is 5.87. The fraction of sp³-hybridized carbons (Fsp3) is 0.381. The summed E-state index contributed by atoms with van der Waals surface area (Å²) in [6.07, 6.45) is 2.27. The third kappa shape index (κ3) is 3.73. The van der Waals surface area contributed by atoms with Crippen LogP contribution in [0.3, 0.4) is 0 Å². The molecule has 0 aliphatic heterocycles. The van der Waals surface area contributed by atoms with Gasteiger partial charge in [0.1, 0.15) is 0 Å². The monoisotopic (exact) mass is 414 g/mol. The smallest absolute Gasteiger partial charge is 0.208 e. The van der Waals surface area contributed by atoms with Crippen LogP contribution >= 0.6 is 15.9 Å². The summed E-state index contributed by atoms with van der Waals surface area (Å²) >= 11 is 3.53. The summed E-state index contributed by atoms with van der Waals surface area (Å²) in [5.41, 5.74) is 5.74. The van der Waals surface area contributed by atoms with E-state index in [9.17, 15) is 0 Å². The van der Waals surface area contributed by atoms with Gasteiger partial charge in [0.2, 0.25) is 5.95 Å². The van der Waals surface area contributed by atoms with E-state index in [0.717, 1.165) is 47.6 Å². The van der Waals surface area contributed by atoms with E-state index in [1.54, 1.807) is 0 Å². The van der Waals surface area contributed by atoms with Gasteiger partial charge in [0.25, 0.3) is 0 Å². The van der Waals surface area contributed by atoms with Gasteiger partial charge < -0.3 is 14.8 Å². The quantitative estimate of drug-likeness (QED) is 0.513. The summed E-state index contributed by atoms with van der Waals surface area (Å²) in [7, 11) is 2.09. The van der Waals surface area contributed by atoms with Crippen LogP contribution in [0.1, 0.15) is 32.3 Å². The highest BCUT2D eigenvalue weighted by Crippen LogP contribution is 2.31. The number of hydrogen-bond acceptors (Lipinski definition) is 3. The molecule has 2 aromatic carbocycles. The maximum atomic E-state index is 4.85. The number of anilines is 3. The molecule has 138 valence electrons. The predicted octanol–water partition coefficient (Wildman–Crippen LogP) is 6.01. The summed E-state index contributed by atoms with van der Waals surface area (Å²) in [5, 5.41) is 3.50. The molecule has 1 aromatic heterocycles. The van der Waals surface area contributed by atoms with Crippen molar-refractivity contribution in [2.24, 2.45) is 7.05 Å². The number of aryl methyl sites for hydroxylation is 2. The lowest BCUT2D eigenvalue weighted by atomic mass is 10.2. The number of imidazole rings is 1. The van der Waals surface area contributed by atoms with Crippen molar-refractivity contribution < 1.29 is 0 Å². The first-order valence-corrected chi connectivity index (χ1v) is 10.1. The van der Waals surface area contributed by atoms with Crippen molar-refractivity contribution in [3.8, 4) is 0 Å². The highest BCUT2D eigenvalue weighted by molar-refractivity contribution is 9.10. The van der Waals surface area contributed by atoms with E-state index in [-0.39, 0.29) is 0 Å². The predicted molar refractivity (Wildman–Crippen MR) is 116 cm³/mol. The summed E-state index contributed by atoms with van der Waals surface area (Å²) in [4.78, 5) is 7.32. The van der Waals surface area contributed by atoms with Crippen molar-refractivity contribution in [1.29, 1.82) is 0 Å². The van der Waals surface area contributed by atoms with Crippen LogP contribution in [-0.4, -0.2) is 22.6 Å². The van der Waals surface area contributed by atoms with Crippen molar-refractivity contribution in [2.45, 2.75) is 33.6 Å². The van der Waals surface area contributed by atoms with Crippen molar-refractivity contribution in [1.82, 2.24) is 9.55 Å². The van der Waals surface area contributed by atoms with Crippen LogP contribution in [0.5, 0.6) is 0 Å². The molecule has 4 nitrogen and oxygen atoms in total. The van der Waals surface area contributed by atoms with E-state index in [4.69, 9.17) is 4.98 Å². The molecule has 0 bridgehead atoms. The summed E-state index contributed by atoms with van der Waals surface area (Å²) < 4.78 is 3.26. The number of halogens is 1. The van der Waals surface area contributed by atoms with E-state index in [1.165, 1.54) is 16.8 Å². The molecule has 0 spiro atoms. The van der Waals surface area contributed by atoms with Crippen LogP contribution in [0.4, 0.5) is 17.3 Å². The van der Waals surface area contributed by atoms with Crippen LogP contribution in [0.15, 0.2) is 40.9 Å². The number of benzene rings is 2. The zero-order valence-corrected chi connectivity index (χ0v) is 17.6. The number of hydrogen-bond donors (Lipinski definition) is 1. The van der Waals surface area contributed by atoms with Crippen molar-refractivity contribution in [3.05, 3.63) is 46.4 Å². The lowest BCUT2D eigenvalue weighted by Gasteiger charge is -2.25. The van der Waals surface area contributed by atoms with Gasteiger partial charge in [-0.05, 0) is 55.7 Å². The minimum absolute atomic E-state index is 0.866. The Labute approximate surface area is 164 Å². The number of rotatable bonds is 7. The maximum Gasteiger partial charge on any atom is 0.208 e. The van der Waals surface area contributed by atoms with Crippen LogP contribution in [0.2, 0.25) is 0 Å². The Morgan fingerprint density at radius 1 is 1.12 bits per heavy atom. The van der Waals surface area contributed by atoms with Gasteiger partial charge in [-0.2, -0.15) is 0 Å². The third-order valence-electron chi connectivity index (χ3n) is 4.64. The molecule has 0 unspecified atom stereocenters. The number of fused-ring (bicyclic) bond motifs is 1. The second kappa shape index (κ2) is 8.12. The van der Waals surface area contributed by atoms with Gasteiger partial charge in [-0.15, -0.1) is 0 Å². The Hall–Kier alpha value is -2.01. The summed E-state index contributed by atoms with van der Waals surface area (Å²) in [5.74, 6) is 0.866. The first kappa shape index (κ1) is 18.8. The minimum atomic E-state index is 0.866. The molecular weight excluding hydrogens is 388 g/mol. The number of nitrogens with zero attached hydrogens (tertiary/aromatic N) is 3. The van der Waals surface area contributed by atoms with Crippen molar-refractivity contribution in [2.75, 3.05) is 23.3 Å². The first-order chi connectivity index (χ1) is 12.5. The van der Waals surface area contributed by atoms with E-state index >= 15 is 0 Å². The largest absolute Gasteiger partial charge is 0.370 e. The van der Waals surface area contributed by atoms with Crippen LogP contribution < -0.4 is 10.2 Å². The molecule has 1 heterocycles. The second-order valence-electron chi connectivity index (χ2n) is 6.71. The molecule has 3 rings (SSSR count). The van der Waals surface area contributed by atoms with Gasteiger partial charge in [-0.1, -0.05) is 35.8 Å². The molecule has 1 N–H and O–H groups in total. The summed E-state index contributed by atoms with van der Waals surface area (Å²) in [6, 6.07) is 12.7. The average molecular weight is 415 g/mol. The number of nitrogens with one attached hydrogen (secondary N) is 1. The molecule has 3 aromatic rings. The van der Waals surface area contributed by atoms with Gasteiger partial charge in [-0.3, -0.25) is 0 Å². The van der Waals surface area contributed by atoms with Gasteiger partial charge in [-0.25, -0.2) is 4.98 Å². The summed E-state index contributed by atoms with van der Waals surface area (Å²) in [6.45, 7) is 8.69. The lowest BCUT2D eigenvalue weighted by molar-refractivity contribution is 0.745. The number of aromatic nitrogens is 2. The van der Waals surface area contributed by atoms with Crippen molar-refractivity contribution in [3.63, 3.8) is 0 Å². The molecule has 5 heteroatoms. The maximum absolute atomic E-state index is 4.85. The molecule has 0 atom stereocenters. The highest BCUT2D eigenvalue weighted by Gasteiger charge is 2.16. The molecule has 0 fully saturated rings. The molecule has 0 amide bonds. The zero-order chi connectivity index (χ0) is 18.7. The van der Waals surface area contributed by atoms with Crippen LogP contribution in [0, 0.1) is 6.92 Å². The van der Waals surface area contributed by atoms with E-state index < -0.39 is 0 Å². The van der Waals surface area contributed by atoms with Gasteiger partial charge in [0.05, 0.1) is 16.7 Å². The van der Waals surface area contributed by atoms with Gasteiger partial charge >= 0.3 is 0 Å². The van der Waals surface area contributed by atoms with Gasteiger partial charge in [0.15, 0.2) is 0 Å². The fourth-order valence-corrected chi connectivity index (χ4v) is 3.87. The lowest BCUT2D eigenvalue weighted by Crippen LogP contribution is -2.25. The molecule has 26 heavy (non-hydrogen) atoms. The molecule has 0 saturated heterocycles. The Balaban J connectivity index is 2.04. The Bertz CT molecular complexity index is 894. The van der Waals surface area contributed by atoms with E-state index in [1.807, 2.05) is 6.07 Å². The molecule has 0 aliphatic rings. The normalized spacial score (nSPS) is 11.1. The number of para-hydroxylation sites is 1. The van der Waals surface area contributed by atoms with Crippen LogP contribution in [-0.2, 0) is 7.05 Å². The fourth-order valence-electron chi connectivity index (χ4n) is 3.40. The minimum Gasteiger partial charge on any atom is -0.370 e. The molecule has 0 saturated carbocycles. The van der Waals surface area contributed by atoms with E-state index in [2.05, 4.69) is 88.9 Å². The standard InChI is InChI=1S/C21H27BrN4/c1-5-12-26(13-6-2)19-9-7-8-18-20(19)25(4)21(24-18)23-17-11-10-16(22)14-15(17)3/h7-11,14H,5-6,12-13H2,1-4H3,(H,23,24). The second-order valence-corrected chi connectivity index (χ2v) is 7.63. The van der Waals surface area contributed by atoms with Crippen LogP contribution in [0.25, 0.3) is 11.0 Å². The molecule has 0 radical (unpaired) electrons. The SMILES string of the molecule is CCCN(CCC)c1cccc2nc(Nc3ccc(Br)cc3C)n(C)c12. The Morgan fingerprint density at radius 2 is 1.85 bits per heavy atom. The Morgan fingerprint density at radius 3 is 2.50 bits per heavy atom. The van der Waals surface area contributed by atoms with E-state index in [0.29, 0.717) is 0 Å². The highest BCUT2D eigenvalue weighted by atomic mass is 79.9. The third-order valence-corrected chi connectivity index (χ3v) is 5.13. The zero-order valence-electron chi connectivity index (χ0n) is 16.0. The molecular formula is C21H27BrN4. The van der Waals surface area contributed by atoms with Gasteiger partial charge in [0, 0.05) is 30.3 Å². The first-order valence-electron chi connectivity index (χ1n) is 9.28. The average Bonchev–Trinajstić information content (AvgIpc) is 2.93. The van der Waals surface area contributed by atoms with Crippen molar-refractivity contribution >= 4 is 44.3 Å². The topological polar surface area (TPSA) is 33.1 Å².